The number of carbonyl (C=O) groups excluding carboxylic acids is 2. The van der Waals surface area contributed by atoms with E-state index in [0.717, 1.165) is 19.3 Å². The smallest absolute Gasteiger partial charge is 0.348 e. The van der Waals surface area contributed by atoms with Gasteiger partial charge < -0.3 is 14.8 Å². The number of hydrogen-bond donors (Lipinski definition) is 1. The lowest BCUT2D eigenvalue weighted by atomic mass is 9.90. The van der Waals surface area contributed by atoms with E-state index >= 15 is 0 Å². The van der Waals surface area contributed by atoms with Crippen molar-refractivity contribution >= 4 is 23.2 Å². The maximum Gasteiger partial charge on any atom is 0.348 e. The van der Waals surface area contributed by atoms with Gasteiger partial charge in [0.15, 0.2) is 6.61 Å². The van der Waals surface area contributed by atoms with E-state index in [2.05, 4.69) is 12.2 Å². The normalized spacial score (nSPS) is 16.8. The largest absolute Gasteiger partial charge is 0.451 e. The fourth-order valence-corrected chi connectivity index (χ4v) is 3.78. The molecule has 134 valence electrons. The predicted octanol–water partition coefficient (Wildman–Crippen LogP) is 2.96. The lowest BCUT2D eigenvalue weighted by molar-refractivity contribution is -0.124. The Kier molecular flexibility index (Phi) is 7.24. The van der Waals surface area contributed by atoms with Crippen LogP contribution in [0.1, 0.15) is 53.7 Å². The molecular formula is C18H27NO4S. The van der Waals surface area contributed by atoms with Gasteiger partial charge in [0.2, 0.25) is 0 Å². The zero-order valence-electron chi connectivity index (χ0n) is 14.7. The van der Waals surface area contributed by atoms with Gasteiger partial charge in [-0.1, -0.05) is 6.92 Å². The number of carbonyl (C=O) groups is 2. The number of amides is 1. The van der Waals surface area contributed by atoms with Crippen LogP contribution in [-0.2, 0) is 27.1 Å². The topological polar surface area (TPSA) is 64.6 Å². The molecule has 0 fully saturated rings. The minimum absolute atomic E-state index is 0.196. The summed E-state index contributed by atoms with van der Waals surface area (Å²) in [4.78, 5) is 25.7. The van der Waals surface area contributed by atoms with Crippen molar-refractivity contribution in [2.45, 2.75) is 52.6 Å². The first-order chi connectivity index (χ1) is 11.5. The van der Waals surface area contributed by atoms with Crippen molar-refractivity contribution in [3.05, 3.63) is 21.4 Å². The van der Waals surface area contributed by atoms with Crippen molar-refractivity contribution in [1.29, 1.82) is 0 Å². The molecule has 1 atom stereocenters. The van der Waals surface area contributed by atoms with Gasteiger partial charge in [-0.3, -0.25) is 4.79 Å². The Morgan fingerprint density at radius 1 is 1.42 bits per heavy atom. The van der Waals surface area contributed by atoms with Crippen LogP contribution < -0.4 is 5.32 Å². The molecule has 0 saturated carbocycles. The predicted molar refractivity (Wildman–Crippen MR) is 94.5 cm³/mol. The third kappa shape index (κ3) is 5.91. The quantitative estimate of drug-likeness (QED) is 0.576. The summed E-state index contributed by atoms with van der Waals surface area (Å²) < 4.78 is 10.5. The van der Waals surface area contributed by atoms with Crippen LogP contribution in [0.3, 0.4) is 0 Å². The highest BCUT2D eigenvalue weighted by molar-refractivity contribution is 7.14. The van der Waals surface area contributed by atoms with Crippen LogP contribution in [0.15, 0.2) is 6.07 Å². The van der Waals surface area contributed by atoms with Gasteiger partial charge in [-0.2, -0.15) is 0 Å². The number of nitrogens with one attached hydrogen (secondary N) is 1. The molecule has 1 N–H and O–H groups in total. The molecule has 5 nitrogen and oxygen atoms in total. The van der Waals surface area contributed by atoms with Crippen LogP contribution in [0.2, 0.25) is 0 Å². The van der Waals surface area contributed by atoms with Crippen LogP contribution in [0.4, 0.5) is 0 Å². The molecule has 24 heavy (non-hydrogen) atoms. The van der Waals surface area contributed by atoms with Crippen LogP contribution in [0.5, 0.6) is 0 Å². The average Bonchev–Trinajstić information content (AvgIpc) is 2.95. The van der Waals surface area contributed by atoms with E-state index in [9.17, 15) is 9.59 Å². The Morgan fingerprint density at radius 2 is 2.21 bits per heavy atom. The summed E-state index contributed by atoms with van der Waals surface area (Å²) in [7, 11) is 0. The van der Waals surface area contributed by atoms with Gasteiger partial charge in [-0.15, -0.1) is 11.3 Å². The zero-order valence-corrected chi connectivity index (χ0v) is 15.5. The lowest BCUT2D eigenvalue weighted by Crippen LogP contribution is -2.30. The van der Waals surface area contributed by atoms with Crippen molar-refractivity contribution in [2.75, 3.05) is 19.8 Å². The number of aryl methyl sites for hydroxylation is 1. The first-order valence-electron chi connectivity index (χ1n) is 8.62. The number of rotatable bonds is 8. The van der Waals surface area contributed by atoms with Crippen molar-refractivity contribution in [1.82, 2.24) is 5.32 Å². The fraction of sp³-hybridized carbons (Fsp3) is 0.667. The van der Waals surface area contributed by atoms with Crippen molar-refractivity contribution in [3.63, 3.8) is 0 Å². The Bertz CT molecular complexity index is 567. The van der Waals surface area contributed by atoms with E-state index in [1.54, 1.807) is 0 Å². The molecule has 0 aromatic carbocycles. The second-order valence-corrected chi connectivity index (χ2v) is 7.74. The molecule has 1 amide bonds. The minimum atomic E-state index is -0.402. The molecule has 1 heterocycles. The van der Waals surface area contributed by atoms with Gasteiger partial charge in [0.25, 0.3) is 5.91 Å². The van der Waals surface area contributed by atoms with E-state index in [0.29, 0.717) is 23.9 Å². The molecule has 0 spiro atoms. The van der Waals surface area contributed by atoms with E-state index in [1.165, 1.54) is 28.2 Å². The monoisotopic (exact) mass is 353 g/mol. The molecule has 1 aromatic heterocycles. The summed E-state index contributed by atoms with van der Waals surface area (Å²) in [6, 6.07) is 1.93. The summed E-state index contributed by atoms with van der Waals surface area (Å²) in [6.07, 6.45) is 4.17. The molecule has 1 aliphatic rings. The van der Waals surface area contributed by atoms with Gasteiger partial charge in [0.05, 0.1) is 6.10 Å². The molecule has 6 heteroatoms. The standard InChI is InChI=1S/C18H27NO4S/c1-12(2)22-8-4-7-19-17(20)11-23-18(21)16-10-14-9-13(3)5-6-15(14)24-16/h10,12-13H,4-9,11H2,1-3H3,(H,19,20)/t13-/m0/s1. The molecular weight excluding hydrogens is 326 g/mol. The second-order valence-electron chi connectivity index (χ2n) is 6.61. The van der Waals surface area contributed by atoms with E-state index < -0.39 is 5.97 Å². The highest BCUT2D eigenvalue weighted by atomic mass is 32.1. The minimum Gasteiger partial charge on any atom is -0.451 e. The Balaban J connectivity index is 1.68. The van der Waals surface area contributed by atoms with Gasteiger partial charge >= 0.3 is 5.97 Å². The SMILES string of the molecule is CC(C)OCCCNC(=O)COC(=O)c1cc2c(s1)CC[C@H](C)C2. The van der Waals surface area contributed by atoms with Crippen molar-refractivity contribution in [3.8, 4) is 0 Å². The average molecular weight is 353 g/mol. The number of esters is 1. The van der Waals surface area contributed by atoms with Gasteiger partial charge in [-0.25, -0.2) is 4.79 Å². The first-order valence-corrected chi connectivity index (χ1v) is 9.44. The van der Waals surface area contributed by atoms with E-state index in [4.69, 9.17) is 9.47 Å². The van der Waals surface area contributed by atoms with Crippen LogP contribution in [0, 0.1) is 5.92 Å². The summed E-state index contributed by atoms with van der Waals surface area (Å²) in [5.41, 5.74) is 1.26. The van der Waals surface area contributed by atoms with E-state index in [-0.39, 0.29) is 18.6 Å². The summed E-state index contributed by atoms with van der Waals surface area (Å²) >= 11 is 1.50. The fourth-order valence-electron chi connectivity index (χ4n) is 2.68. The molecule has 1 aliphatic carbocycles. The first kappa shape index (κ1) is 18.9. The second kappa shape index (κ2) is 9.18. The maximum atomic E-state index is 12.1. The highest BCUT2D eigenvalue weighted by Gasteiger charge is 2.21. The van der Waals surface area contributed by atoms with Crippen molar-refractivity contribution in [2.24, 2.45) is 5.92 Å². The van der Waals surface area contributed by atoms with Gasteiger partial charge in [0.1, 0.15) is 4.88 Å². The lowest BCUT2D eigenvalue weighted by Gasteiger charge is -2.16. The van der Waals surface area contributed by atoms with Gasteiger partial charge in [-0.05, 0) is 57.1 Å². The number of thiophene rings is 1. The zero-order chi connectivity index (χ0) is 17.5. The summed E-state index contributed by atoms with van der Waals surface area (Å²) in [5.74, 6) is -0.00962. The molecule has 2 rings (SSSR count). The number of hydrogen-bond acceptors (Lipinski definition) is 5. The number of fused-ring (bicyclic) bond motifs is 1. The Hall–Kier alpha value is -1.40. The summed E-state index contributed by atoms with van der Waals surface area (Å²) in [5, 5.41) is 2.73. The maximum absolute atomic E-state index is 12.1. The van der Waals surface area contributed by atoms with Crippen molar-refractivity contribution < 1.29 is 19.1 Å². The summed E-state index contributed by atoms with van der Waals surface area (Å²) in [6.45, 7) is 7.07. The van der Waals surface area contributed by atoms with Crippen LogP contribution >= 0.6 is 11.3 Å². The van der Waals surface area contributed by atoms with Gasteiger partial charge in [0, 0.05) is 18.0 Å². The van der Waals surface area contributed by atoms with Crippen LogP contribution in [0.25, 0.3) is 0 Å². The third-order valence-electron chi connectivity index (χ3n) is 3.96. The molecule has 0 saturated heterocycles. The number of ether oxygens (including phenoxy) is 2. The Morgan fingerprint density at radius 3 is 2.96 bits per heavy atom. The van der Waals surface area contributed by atoms with Crippen LogP contribution in [-0.4, -0.2) is 37.7 Å². The Labute approximate surface area is 147 Å². The highest BCUT2D eigenvalue weighted by Crippen LogP contribution is 2.32. The van der Waals surface area contributed by atoms with E-state index in [1.807, 2.05) is 19.9 Å². The molecule has 0 aliphatic heterocycles. The molecule has 1 aromatic rings. The molecule has 0 radical (unpaired) electrons. The molecule has 0 bridgehead atoms. The third-order valence-corrected chi connectivity index (χ3v) is 5.18. The molecule has 0 unspecified atom stereocenters.